The van der Waals surface area contributed by atoms with Crippen molar-refractivity contribution in [3.63, 3.8) is 0 Å². The van der Waals surface area contributed by atoms with Gasteiger partial charge < -0.3 is 25.0 Å². The second-order valence-corrected chi connectivity index (χ2v) is 5.71. The lowest BCUT2D eigenvalue weighted by atomic mass is 10.2. The third kappa shape index (κ3) is 9.18. The largest absolute Gasteiger partial charge is 0.389 e. The molecular formula is C15H27NO4S. The topological polar surface area (TPSA) is 71.0 Å². The summed E-state index contributed by atoms with van der Waals surface area (Å²) in [4.78, 5) is 0. The molecule has 1 aromatic heterocycles. The van der Waals surface area contributed by atoms with E-state index in [0.29, 0.717) is 26.3 Å². The summed E-state index contributed by atoms with van der Waals surface area (Å²) in [5.74, 6) is 0. The van der Waals surface area contributed by atoms with Gasteiger partial charge in [0.15, 0.2) is 0 Å². The third-order valence-corrected chi connectivity index (χ3v) is 3.67. The Kier molecular flexibility index (Phi) is 10.7. The van der Waals surface area contributed by atoms with Crippen molar-refractivity contribution in [3.8, 4) is 0 Å². The van der Waals surface area contributed by atoms with Gasteiger partial charge in [-0.2, -0.15) is 11.3 Å². The van der Waals surface area contributed by atoms with Crippen LogP contribution in [-0.2, 0) is 9.47 Å². The Bertz CT molecular complexity index is 334. The second-order valence-electron chi connectivity index (χ2n) is 4.93. The fourth-order valence-electron chi connectivity index (χ4n) is 1.71. The Labute approximate surface area is 130 Å². The molecule has 122 valence electrons. The number of aliphatic hydroxyl groups excluding tert-OH is 2. The van der Waals surface area contributed by atoms with Crippen LogP contribution < -0.4 is 5.32 Å². The molecule has 6 heteroatoms. The lowest BCUT2D eigenvalue weighted by Gasteiger charge is -2.14. The Balaban J connectivity index is 1.93. The normalized spacial score (nSPS) is 14.2. The fourth-order valence-corrected chi connectivity index (χ4v) is 2.42. The number of ether oxygens (including phenoxy) is 2. The summed E-state index contributed by atoms with van der Waals surface area (Å²) in [6.07, 6.45) is 1.09. The number of unbranched alkanes of at least 4 members (excludes halogenated alkanes) is 1. The second kappa shape index (κ2) is 12.1. The summed E-state index contributed by atoms with van der Waals surface area (Å²) in [6.45, 7) is 5.06. The highest BCUT2D eigenvalue weighted by Gasteiger charge is 2.09. The molecule has 0 spiro atoms. The molecule has 0 aliphatic heterocycles. The number of aliphatic hydroxyl groups is 2. The van der Waals surface area contributed by atoms with Crippen LogP contribution in [0.15, 0.2) is 16.8 Å². The molecule has 0 saturated heterocycles. The molecule has 0 amide bonds. The summed E-state index contributed by atoms with van der Waals surface area (Å²) in [7, 11) is 0. The maximum atomic E-state index is 9.85. The van der Waals surface area contributed by atoms with Gasteiger partial charge in [-0.05, 0) is 28.8 Å². The van der Waals surface area contributed by atoms with Crippen molar-refractivity contribution < 1.29 is 19.7 Å². The third-order valence-electron chi connectivity index (χ3n) is 2.97. The average molecular weight is 317 g/mol. The molecule has 0 fully saturated rings. The van der Waals surface area contributed by atoms with E-state index in [0.717, 1.165) is 25.0 Å². The molecule has 0 aliphatic carbocycles. The molecule has 0 bridgehead atoms. The van der Waals surface area contributed by atoms with Crippen molar-refractivity contribution in [1.29, 1.82) is 0 Å². The van der Waals surface area contributed by atoms with E-state index >= 15 is 0 Å². The number of rotatable bonds is 13. The van der Waals surface area contributed by atoms with Crippen LogP contribution >= 0.6 is 11.3 Å². The van der Waals surface area contributed by atoms with E-state index in [2.05, 4.69) is 12.2 Å². The van der Waals surface area contributed by atoms with E-state index in [4.69, 9.17) is 9.47 Å². The van der Waals surface area contributed by atoms with Gasteiger partial charge in [-0.15, -0.1) is 0 Å². The van der Waals surface area contributed by atoms with Crippen LogP contribution in [0.25, 0.3) is 0 Å². The van der Waals surface area contributed by atoms with Crippen LogP contribution in [0.1, 0.15) is 31.4 Å². The summed E-state index contributed by atoms with van der Waals surface area (Å²) in [5, 5.41) is 26.5. The van der Waals surface area contributed by atoms with E-state index in [9.17, 15) is 10.2 Å². The zero-order chi connectivity index (χ0) is 15.3. The van der Waals surface area contributed by atoms with Crippen molar-refractivity contribution in [2.24, 2.45) is 0 Å². The van der Waals surface area contributed by atoms with Crippen LogP contribution in [-0.4, -0.2) is 55.8 Å². The number of hydrogen-bond donors (Lipinski definition) is 3. The standard InChI is InChI=1S/C15H27NO4S/c1-2-3-5-19-6-7-20-11-14(17)9-16-10-15(18)13-4-8-21-12-13/h4,8,12,14-18H,2-3,5-7,9-11H2,1H3. The minimum atomic E-state index is -0.574. The summed E-state index contributed by atoms with van der Waals surface area (Å²) in [6, 6.07) is 1.90. The van der Waals surface area contributed by atoms with Crippen LogP contribution in [0.3, 0.4) is 0 Å². The van der Waals surface area contributed by atoms with E-state index in [-0.39, 0.29) is 6.61 Å². The van der Waals surface area contributed by atoms with Gasteiger partial charge in [-0.1, -0.05) is 13.3 Å². The molecule has 0 aromatic carbocycles. The molecule has 1 heterocycles. The highest BCUT2D eigenvalue weighted by molar-refractivity contribution is 7.07. The van der Waals surface area contributed by atoms with Crippen molar-refractivity contribution >= 4 is 11.3 Å². The Morgan fingerprint density at radius 3 is 2.71 bits per heavy atom. The first-order chi connectivity index (χ1) is 10.2. The molecule has 0 saturated carbocycles. The summed E-state index contributed by atoms with van der Waals surface area (Å²) < 4.78 is 10.7. The van der Waals surface area contributed by atoms with Gasteiger partial charge in [0.25, 0.3) is 0 Å². The SMILES string of the molecule is CCCCOCCOCC(O)CNCC(O)c1ccsc1. The maximum absolute atomic E-state index is 9.85. The fraction of sp³-hybridized carbons (Fsp3) is 0.733. The number of nitrogens with one attached hydrogen (secondary N) is 1. The predicted octanol–water partition coefficient (Wildman–Crippen LogP) is 1.57. The number of thiophene rings is 1. The van der Waals surface area contributed by atoms with Gasteiger partial charge in [-0.25, -0.2) is 0 Å². The molecule has 3 N–H and O–H groups in total. The van der Waals surface area contributed by atoms with Crippen LogP contribution in [0.2, 0.25) is 0 Å². The van der Waals surface area contributed by atoms with Gasteiger partial charge in [-0.3, -0.25) is 0 Å². The van der Waals surface area contributed by atoms with E-state index in [1.165, 1.54) is 0 Å². The van der Waals surface area contributed by atoms with Gasteiger partial charge in [0.1, 0.15) is 0 Å². The smallest absolute Gasteiger partial charge is 0.0922 e. The minimum Gasteiger partial charge on any atom is -0.389 e. The van der Waals surface area contributed by atoms with E-state index < -0.39 is 12.2 Å². The molecule has 21 heavy (non-hydrogen) atoms. The molecule has 1 aromatic rings. The highest BCUT2D eigenvalue weighted by Crippen LogP contribution is 2.14. The van der Waals surface area contributed by atoms with Gasteiger partial charge >= 0.3 is 0 Å². The quantitative estimate of drug-likeness (QED) is 0.482. The predicted molar refractivity (Wildman–Crippen MR) is 84.7 cm³/mol. The first-order valence-corrected chi connectivity index (χ1v) is 8.42. The molecule has 2 unspecified atom stereocenters. The first-order valence-electron chi connectivity index (χ1n) is 7.48. The van der Waals surface area contributed by atoms with E-state index in [1.807, 2.05) is 16.8 Å². The average Bonchev–Trinajstić information content (AvgIpc) is 3.00. The lowest BCUT2D eigenvalue weighted by molar-refractivity contribution is 0.00319. The molecular weight excluding hydrogens is 290 g/mol. The van der Waals surface area contributed by atoms with Crippen molar-refractivity contribution in [2.75, 3.05) is 39.5 Å². The lowest BCUT2D eigenvalue weighted by Crippen LogP contribution is -2.33. The van der Waals surface area contributed by atoms with E-state index in [1.54, 1.807) is 11.3 Å². The van der Waals surface area contributed by atoms with Crippen molar-refractivity contribution in [3.05, 3.63) is 22.4 Å². The van der Waals surface area contributed by atoms with Gasteiger partial charge in [0.05, 0.1) is 32.0 Å². The van der Waals surface area contributed by atoms with Gasteiger partial charge in [0, 0.05) is 19.7 Å². The highest BCUT2D eigenvalue weighted by atomic mass is 32.1. The zero-order valence-electron chi connectivity index (χ0n) is 12.7. The molecule has 1 rings (SSSR count). The minimum absolute atomic E-state index is 0.276. The Morgan fingerprint density at radius 2 is 2.00 bits per heavy atom. The van der Waals surface area contributed by atoms with Crippen molar-refractivity contribution in [1.82, 2.24) is 5.32 Å². The summed E-state index contributed by atoms with van der Waals surface area (Å²) >= 11 is 1.56. The van der Waals surface area contributed by atoms with Crippen LogP contribution in [0.4, 0.5) is 0 Å². The zero-order valence-corrected chi connectivity index (χ0v) is 13.5. The molecule has 2 atom stereocenters. The number of hydrogen-bond acceptors (Lipinski definition) is 6. The molecule has 0 aliphatic rings. The molecule has 0 radical (unpaired) electrons. The van der Waals surface area contributed by atoms with Crippen LogP contribution in [0.5, 0.6) is 0 Å². The Morgan fingerprint density at radius 1 is 1.19 bits per heavy atom. The van der Waals surface area contributed by atoms with Gasteiger partial charge in [0.2, 0.25) is 0 Å². The first kappa shape index (κ1) is 18.5. The summed E-state index contributed by atoms with van der Waals surface area (Å²) in [5.41, 5.74) is 0.905. The molecule has 5 nitrogen and oxygen atoms in total. The van der Waals surface area contributed by atoms with Crippen molar-refractivity contribution in [2.45, 2.75) is 32.0 Å². The van der Waals surface area contributed by atoms with Crippen LogP contribution in [0, 0.1) is 0 Å². The monoisotopic (exact) mass is 317 g/mol. The maximum Gasteiger partial charge on any atom is 0.0922 e. The Hall–Kier alpha value is -0.500.